The molecule has 0 radical (unpaired) electrons. The van der Waals surface area contributed by atoms with Gasteiger partial charge in [0.15, 0.2) is 5.84 Å². The Hall–Kier alpha value is -1.69. The lowest BCUT2D eigenvalue weighted by atomic mass is 10.1. The lowest BCUT2D eigenvalue weighted by Crippen LogP contribution is -2.30. The largest absolute Gasteiger partial charge is 0.359 e. The van der Waals surface area contributed by atoms with E-state index in [4.69, 9.17) is 0 Å². The molecule has 0 fully saturated rings. The van der Waals surface area contributed by atoms with Gasteiger partial charge in [0.05, 0.1) is 5.69 Å². The summed E-state index contributed by atoms with van der Waals surface area (Å²) in [5, 5.41) is 0. The van der Waals surface area contributed by atoms with Crippen molar-refractivity contribution in [3.05, 3.63) is 63.7 Å². The van der Waals surface area contributed by atoms with Crippen LogP contribution < -0.4 is 0 Å². The summed E-state index contributed by atoms with van der Waals surface area (Å²) in [5.74, 6) is 0.353. The van der Waals surface area contributed by atoms with Gasteiger partial charge in [-0.05, 0) is 46.9 Å². The number of carbonyl (C=O) groups excluding carboxylic acids is 1. The van der Waals surface area contributed by atoms with Crippen LogP contribution >= 0.6 is 22.6 Å². The minimum absolute atomic E-state index is 0.0749. The van der Waals surface area contributed by atoms with Crippen molar-refractivity contribution in [2.24, 2.45) is 4.99 Å². The van der Waals surface area contributed by atoms with Crippen LogP contribution in [0.5, 0.6) is 0 Å². The highest BCUT2D eigenvalue weighted by atomic mass is 127. The van der Waals surface area contributed by atoms with Crippen LogP contribution in [0.15, 0.2) is 59.6 Å². The number of amidine groups is 1. The summed E-state index contributed by atoms with van der Waals surface area (Å²) >= 11 is 2.24. The van der Waals surface area contributed by atoms with E-state index in [2.05, 4.69) is 27.6 Å². The van der Waals surface area contributed by atoms with Crippen molar-refractivity contribution in [2.75, 3.05) is 14.1 Å². The van der Waals surface area contributed by atoms with E-state index in [1.807, 2.05) is 56.6 Å². The SMILES string of the molecule is CN(C)C(=Nc1ccc(I)cc1)C(=O)c1ccccc1. The number of halogens is 1. The Labute approximate surface area is 132 Å². The molecular formula is C16H15IN2O. The number of likely N-dealkylation sites (N-methyl/N-ethyl adjacent to an activating group) is 1. The second-order valence-electron chi connectivity index (χ2n) is 4.50. The standard InChI is InChI=1S/C16H15IN2O/c1-19(2)16(15(20)12-6-4-3-5-7-12)18-14-10-8-13(17)9-11-14/h3-11H,1-2H3. The molecule has 4 heteroatoms. The summed E-state index contributed by atoms with van der Waals surface area (Å²) in [5.41, 5.74) is 1.42. The number of nitrogens with zero attached hydrogens (tertiary/aromatic N) is 2. The van der Waals surface area contributed by atoms with Crippen LogP contribution in [0.3, 0.4) is 0 Å². The number of hydrogen-bond donors (Lipinski definition) is 0. The molecule has 0 saturated carbocycles. The fraction of sp³-hybridized carbons (Fsp3) is 0.125. The fourth-order valence-corrected chi connectivity index (χ4v) is 2.07. The molecule has 0 spiro atoms. The van der Waals surface area contributed by atoms with Gasteiger partial charge in [0.2, 0.25) is 5.78 Å². The normalized spacial score (nSPS) is 11.2. The molecule has 2 aromatic rings. The van der Waals surface area contributed by atoms with Gasteiger partial charge in [0.1, 0.15) is 0 Å². The lowest BCUT2D eigenvalue weighted by molar-refractivity contribution is 0.105. The zero-order valence-electron chi connectivity index (χ0n) is 11.4. The van der Waals surface area contributed by atoms with Crippen molar-refractivity contribution in [1.29, 1.82) is 0 Å². The Morgan fingerprint density at radius 1 is 1.00 bits per heavy atom. The van der Waals surface area contributed by atoms with Crippen molar-refractivity contribution < 1.29 is 4.79 Å². The third-order valence-electron chi connectivity index (χ3n) is 2.72. The lowest BCUT2D eigenvalue weighted by Gasteiger charge is -2.14. The van der Waals surface area contributed by atoms with E-state index in [9.17, 15) is 4.79 Å². The van der Waals surface area contributed by atoms with E-state index >= 15 is 0 Å². The zero-order valence-corrected chi connectivity index (χ0v) is 13.5. The van der Waals surface area contributed by atoms with E-state index in [0.29, 0.717) is 11.4 Å². The maximum Gasteiger partial charge on any atom is 0.228 e. The van der Waals surface area contributed by atoms with Gasteiger partial charge in [-0.25, -0.2) is 4.99 Å². The molecule has 0 N–H and O–H groups in total. The smallest absolute Gasteiger partial charge is 0.228 e. The van der Waals surface area contributed by atoms with Gasteiger partial charge in [0, 0.05) is 23.2 Å². The van der Waals surface area contributed by atoms with E-state index < -0.39 is 0 Å². The highest BCUT2D eigenvalue weighted by molar-refractivity contribution is 14.1. The molecule has 0 saturated heterocycles. The average molecular weight is 378 g/mol. The summed E-state index contributed by atoms with van der Waals surface area (Å²) in [6.07, 6.45) is 0. The first kappa shape index (κ1) is 14.7. The molecule has 0 aromatic heterocycles. The van der Waals surface area contributed by atoms with Crippen LogP contribution in [0.1, 0.15) is 10.4 Å². The second kappa shape index (κ2) is 6.65. The average Bonchev–Trinajstić information content (AvgIpc) is 2.46. The highest BCUT2D eigenvalue weighted by Gasteiger charge is 2.15. The predicted octanol–water partition coefficient (Wildman–Crippen LogP) is 3.77. The van der Waals surface area contributed by atoms with Gasteiger partial charge in [-0.2, -0.15) is 0 Å². The van der Waals surface area contributed by atoms with E-state index in [1.165, 1.54) is 0 Å². The fourth-order valence-electron chi connectivity index (χ4n) is 1.71. The quantitative estimate of drug-likeness (QED) is 0.353. The Balaban J connectivity index is 2.36. The Kier molecular flexibility index (Phi) is 4.89. The van der Waals surface area contributed by atoms with Crippen molar-refractivity contribution in [3.8, 4) is 0 Å². The van der Waals surface area contributed by atoms with Crippen molar-refractivity contribution >= 4 is 39.9 Å². The number of aliphatic imine (C=N–C) groups is 1. The Bertz CT molecular complexity index is 619. The van der Waals surface area contributed by atoms with Gasteiger partial charge in [0.25, 0.3) is 0 Å². The summed E-state index contributed by atoms with van der Waals surface area (Å²) in [6, 6.07) is 17.0. The van der Waals surface area contributed by atoms with E-state index in [-0.39, 0.29) is 5.78 Å². The number of Topliss-reactive ketones (excluding diaryl/α,β-unsaturated/α-hetero) is 1. The molecule has 2 aromatic carbocycles. The maximum absolute atomic E-state index is 12.5. The summed E-state index contributed by atoms with van der Waals surface area (Å²) < 4.78 is 1.14. The van der Waals surface area contributed by atoms with Gasteiger partial charge in [-0.1, -0.05) is 30.3 Å². The van der Waals surface area contributed by atoms with Crippen molar-refractivity contribution in [1.82, 2.24) is 4.90 Å². The van der Waals surface area contributed by atoms with Crippen LogP contribution in [0.25, 0.3) is 0 Å². The number of benzene rings is 2. The van der Waals surface area contributed by atoms with Crippen molar-refractivity contribution in [3.63, 3.8) is 0 Å². The minimum atomic E-state index is -0.0749. The minimum Gasteiger partial charge on any atom is -0.359 e. The molecule has 0 aliphatic heterocycles. The van der Waals surface area contributed by atoms with Gasteiger partial charge in [-0.3, -0.25) is 4.79 Å². The number of hydrogen-bond acceptors (Lipinski definition) is 2. The van der Waals surface area contributed by atoms with Gasteiger partial charge in [-0.15, -0.1) is 0 Å². The van der Waals surface area contributed by atoms with Crippen molar-refractivity contribution in [2.45, 2.75) is 0 Å². The summed E-state index contributed by atoms with van der Waals surface area (Å²) in [4.78, 5) is 18.7. The number of ketones is 1. The van der Waals surface area contributed by atoms with Gasteiger partial charge < -0.3 is 4.90 Å². The monoisotopic (exact) mass is 378 g/mol. The topological polar surface area (TPSA) is 32.7 Å². The molecule has 0 aliphatic carbocycles. The molecular weight excluding hydrogens is 363 g/mol. The molecule has 2 rings (SSSR count). The molecule has 20 heavy (non-hydrogen) atoms. The predicted molar refractivity (Wildman–Crippen MR) is 90.7 cm³/mol. The van der Waals surface area contributed by atoms with Crippen LogP contribution in [0, 0.1) is 3.57 Å². The van der Waals surface area contributed by atoms with Crippen LogP contribution in [-0.4, -0.2) is 30.6 Å². The Morgan fingerprint density at radius 2 is 1.60 bits per heavy atom. The third-order valence-corrected chi connectivity index (χ3v) is 3.44. The maximum atomic E-state index is 12.5. The first-order valence-electron chi connectivity index (χ1n) is 6.19. The van der Waals surface area contributed by atoms with Crippen LogP contribution in [-0.2, 0) is 0 Å². The molecule has 102 valence electrons. The molecule has 0 heterocycles. The summed E-state index contributed by atoms with van der Waals surface area (Å²) in [7, 11) is 3.65. The van der Waals surface area contributed by atoms with Crippen LogP contribution in [0.4, 0.5) is 5.69 Å². The van der Waals surface area contributed by atoms with E-state index in [1.54, 1.807) is 17.0 Å². The number of carbonyl (C=O) groups is 1. The summed E-state index contributed by atoms with van der Waals surface area (Å²) in [6.45, 7) is 0. The zero-order chi connectivity index (χ0) is 14.5. The third kappa shape index (κ3) is 3.66. The van der Waals surface area contributed by atoms with Crippen LogP contribution in [0.2, 0.25) is 0 Å². The molecule has 0 unspecified atom stereocenters. The molecule has 0 atom stereocenters. The molecule has 0 bridgehead atoms. The number of rotatable bonds is 3. The van der Waals surface area contributed by atoms with Gasteiger partial charge >= 0.3 is 0 Å². The van der Waals surface area contributed by atoms with E-state index in [0.717, 1.165) is 9.26 Å². The molecule has 0 amide bonds. The highest BCUT2D eigenvalue weighted by Crippen LogP contribution is 2.16. The first-order chi connectivity index (χ1) is 9.58. The first-order valence-corrected chi connectivity index (χ1v) is 7.27. The molecule has 3 nitrogen and oxygen atoms in total. The molecule has 0 aliphatic rings. The Morgan fingerprint density at radius 3 is 2.15 bits per heavy atom. The second-order valence-corrected chi connectivity index (χ2v) is 5.75.